The fourth-order valence-electron chi connectivity index (χ4n) is 8.09. The number of carboxylic acid groups (broad SMARTS) is 3. The zero-order valence-electron chi connectivity index (χ0n) is 33.6. The van der Waals surface area contributed by atoms with Crippen molar-refractivity contribution < 1.29 is 35.2 Å². The second-order valence-electron chi connectivity index (χ2n) is 14.7. The molecule has 3 fully saturated rings. The normalized spacial score (nSPS) is 23.7. The Morgan fingerprint density at radius 3 is 1.29 bits per heavy atom. The topological polar surface area (TPSA) is 151 Å². The van der Waals surface area contributed by atoms with Crippen molar-refractivity contribution in [2.45, 2.75) is 58.1 Å². The monoisotopic (exact) mass is 714 g/mol. The zero-order valence-corrected chi connectivity index (χ0v) is 29.6. The van der Waals surface area contributed by atoms with Crippen LogP contribution in [0.25, 0.3) is 0 Å². The molecular formula is C42H54N4O6. The lowest BCUT2D eigenvalue weighted by Gasteiger charge is -2.25. The van der Waals surface area contributed by atoms with Gasteiger partial charge in [0.2, 0.25) is 0 Å². The summed E-state index contributed by atoms with van der Waals surface area (Å²) in [5, 5.41) is 40.0. The molecule has 0 bridgehead atoms. The quantitative estimate of drug-likeness (QED) is 0.112. The van der Waals surface area contributed by atoms with Crippen molar-refractivity contribution in [3.8, 4) is 0 Å². The molecule has 6 rings (SSSR count). The number of aliphatic carboxylic acids is 3. The van der Waals surface area contributed by atoms with Gasteiger partial charge in [-0.25, -0.2) is 0 Å². The zero-order chi connectivity index (χ0) is 40.0. The summed E-state index contributed by atoms with van der Waals surface area (Å²) in [5.41, 5.74) is 3.95. The molecule has 0 radical (unpaired) electrons. The molecule has 0 spiro atoms. The largest absolute Gasteiger partial charge is 0.481 e. The van der Waals surface area contributed by atoms with Crippen LogP contribution < -0.4 is 16.0 Å². The standard InChI is InChI=1S/C42H54N4O6/c47-40(48)37(34-10-13-43-22-34)19-28-4-1-7-31(16-28)25-46(26-32-8-2-5-29(17-32)20-38(41(49)50)35-11-14-44-23-35)27-33-9-3-6-30(18-33)21-39(42(51)52)36-12-15-45-24-36/h1-9,16-18,34-39,43-45H,10-15,19-27H2,(H,47,48)(H,49,50)(H,51,52)/t34-,35-,36-,37-,38-,39-/m0/s1/i19D2,20D2. The number of rotatable bonds is 18. The van der Waals surface area contributed by atoms with E-state index < -0.39 is 48.4 Å². The van der Waals surface area contributed by atoms with Crippen molar-refractivity contribution in [3.63, 3.8) is 0 Å². The van der Waals surface area contributed by atoms with Crippen LogP contribution in [0.15, 0.2) is 72.8 Å². The lowest BCUT2D eigenvalue weighted by atomic mass is 9.85. The van der Waals surface area contributed by atoms with Gasteiger partial charge in [-0.05, 0) is 129 Å². The van der Waals surface area contributed by atoms with Gasteiger partial charge in [0.1, 0.15) is 0 Å². The Balaban J connectivity index is 1.30. The van der Waals surface area contributed by atoms with Gasteiger partial charge < -0.3 is 31.3 Å². The second-order valence-corrected chi connectivity index (χ2v) is 14.7. The minimum Gasteiger partial charge on any atom is -0.481 e. The molecule has 3 saturated heterocycles. The van der Waals surface area contributed by atoms with E-state index >= 15 is 0 Å². The van der Waals surface area contributed by atoms with Crippen LogP contribution in [0.1, 0.15) is 58.1 Å². The summed E-state index contributed by atoms with van der Waals surface area (Å²) in [4.78, 5) is 39.4. The predicted octanol–water partition coefficient (Wildman–Crippen LogP) is 4.45. The number of hydrogen-bond acceptors (Lipinski definition) is 7. The average molecular weight is 715 g/mol. The molecule has 278 valence electrons. The molecule has 10 heteroatoms. The molecule has 3 aromatic carbocycles. The van der Waals surface area contributed by atoms with Gasteiger partial charge >= 0.3 is 17.9 Å². The van der Waals surface area contributed by atoms with E-state index in [2.05, 4.69) is 20.9 Å². The molecule has 10 nitrogen and oxygen atoms in total. The van der Waals surface area contributed by atoms with Crippen LogP contribution in [0.3, 0.4) is 0 Å². The Morgan fingerprint density at radius 2 is 0.923 bits per heavy atom. The van der Waals surface area contributed by atoms with E-state index in [9.17, 15) is 29.7 Å². The summed E-state index contributed by atoms with van der Waals surface area (Å²) in [7, 11) is 0. The molecule has 6 N–H and O–H groups in total. The summed E-state index contributed by atoms with van der Waals surface area (Å²) in [6, 6.07) is 21.9. The number of carboxylic acids is 3. The van der Waals surface area contributed by atoms with E-state index in [-0.39, 0.29) is 28.9 Å². The SMILES string of the molecule is [2H]C([2H])(c1cccc(CN(Cc2cccc(C[C@H](C(=O)O)[C@H]3CCNC3)c2)Cc2cccc(C([2H])([2H])[C@H](C(=O)O)[C@H]3CCNC3)c2)c1)[C@H](C(=O)O)[C@H]1CCNC1. The van der Waals surface area contributed by atoms with Crippen molar-refractivity contribution in [3.05, 3.63) is 106 Å². The number of benzene rings is 3. The Hall–Kier alpha value is -4.09. The van der Waals surface area contributed by atoms with Crippen LogP contribution in [-0.2, 0) is 53.2 Å². The van der Waals surface area contributed by atoms with Gasteiger partial charge in [0.05, 0.1) is 17.8 Å². The molecule has 0 unspecified atom stereocenters. The van der Waals surface area contributed by atoms with Gasteiger partial charge in [-0.15, -0.1) is 0 Å². The highest BCUT2D eigenvalue weighted by Crippen LogP contribution is 2.28. The van der Waals surface area contributed by atoms with Gasteiger partial charge in [0.25, 0.3) is 0 Å². The van der Waals surface area contributed by atoms with E-state index in [4.69, 9.17) is 5.48 Å². The lowest BCUT2D eigenvalue weighted by molar-refractivity contribution is -0.144. The Labute approximate surface area is 312 Å². The van der Waals surface area contributed by atoms with E-state index in [1.165, 1.54) is 0 Å². The number of hydrogen-bond donors (Lipinski definition) is 6. The van der Waals surface area contributed by atoms with Gasteiger partial charge in [-0.3, -0.25) is 19.3 Å². The highest BCUT2D eigenvalue weighted by molar-refractivity contribution is 5.72. The number of nitrogens with one attached hydrogen (secondary N) is 3. The van der Waals surface area contributed by atoms with Crippen LogP contribution >= 0.6 is 0 Å². The lowest BCUT2D eigenvalue weighted by Crippen LogP contribution is -2.28. The highest BCUT2D eigenvalue weighted by atomic mass is 16.4. The maximum atomic E-state index is 12.5. The first-order valence-corrected chi connectivity index (χ1v) is 18.5. The summed E-state index contributed by atoms with van der Waals surface area (Å²) in [6.45, 7) is 4.75. The van der Waals surface area contributed by atoms with Gasteiger partial charge in [-0.2, -0.15) is 0 Å². The van der Waals surface area contributed by atoms with Crippen molar-refractivity contribution in [1.82, 2.24) is 20.9 Å². The summed E-state index contributed by atoms with van der Waals surface area (Å²) in [5.74, 6) is -6.77. The number of carbonyl (C=O) groups is 3. The Bertz CT molecular complexity index is 1750. The first-order valence-electron chi connectivity index (χ1n) is 20.5. The van der Waals surface area contributed by atoms with Crippen molar-refractivity contribution in [1.29, 1.82) is 0 Å². The van der Waals surface area contributed by atoms with Crippen LogP contribution in [0, 0.1) is 35.5 Å². The van der Waals surface area contributed by atoms with Crippen LogP contribution in [0.2, 0.25) is 0 Å². The van der Waals surface area contributed by atoms with Crippen molar-refractivity contribution in [2.24, 2.45) is 35.5 Å². The molecule has 3 heterocycles. The number of nitrogens with zero attached hydrogens (tertiary/aromatic N) is 1. The van der Waals surface area contributed by atoms with Gasteiger partial charge in [0, 0.05) is 25.1 Å². The summed E-state index contributed by atoms with van der Waals surface area (Å²) in [6.07, 6.45) is -1.91. The van der Waals surface area contributed by atoms with Gasteiger partial charge in [0.15, 0.2) is 0 Å². The fourth-order valence-corrected chi connectivity index (χ4v) is 8.09. The molecule has 0 aliphatic carbocycles. The third-order valence-corrected chi connectivity index (χ3v) is 10.8. The molecular weight excluding hydrogens is 656 g/mol. The molecule has 3 aliphatic heterocycles. The van der Waals surface area contributed by atoms with E-state index in [1.54, 1.807) is 36.4 Å². The molecule has 0 aromatic heterocycles. The van der Waals surface area contributed by atoms with Crippen LogP contribution in [0.5, 0.6) is 0 Å². The minimum atomic E-state index is -2.14. The third-order valence-electron chi connectivity index (χ3n) is 10.8. The molecule has 0 saturated carbocycles. The first-order chi connectivity index (χ1) is 26.7. The van der Waals surface area contributed by atoms with Crippen molar-refractivity contribution >= 4 is 17.9 Å². The molecule has 3 aliphatic rings. The van der Waals surface area contributed by atoms with Crippen molar-refractivity contribution in [2.75, 3.05) is 39.3 Å². The Kier molecular flexibility index (Phi) is 11.3. The smallest absolute Gasteiger partial charge is 0.307 e. The van der Waals surface area contributed by atoms with E-state index in [0.29, 0.717) is 71.6 Å². The minimum absolute atomic E-state index is 0.0471. The maximum absolute atomic E-state index is 12.5. The molecule has 3 aromatic rings. The third kappa shape index (κ3) is 10.3. The summed E-state index contributed by atoms with van der Waals surface area (Å²) < 4.78 is 36.2. The predicted molar refractivity (Wildman–Crippen MR) is 200 cm³/mol. The Morgan fingerprint density at radius 1 is 0.577 bits per heavy atom. The average Bonchev–Trinajstić information content (AvgIpc) is 3.96. The van der Waals surface area contributed by atoms with E-state index in [0.717, 1.165) is 35.2 Å². The molecule has 6 atom stereocenters. The van der Waals surface area contributed by atoms with Crippen LogP contribution in [0.4, 0.5) is 0 Å². The summed E-state index contributed by atoms with van der Waals surface area (Å²) >= 11 is 0. The highest BCUT2D eigenvalue weighted by Gasteiger charge is 2.33. The van der Waals surface area contributed by atoms with Crippen LogP contribution in [-0.4, -0.2) is 77.4 Å². The molecule has 0 amide bonds. The fraction of sp³-hybridized carbons (Fsp3) is 0.500. The molecule has 52 heavy (non-hydrogen) atoms. The second kappa shape index (κ2) is 18.1. The van der Waals surface area contributed by atoms with E-state index in [1.807, 2.05) is 36.4 Å². The maximum Gasteiger partial charge on any atom is 0.307 e. The first kappa shape index (κ1) is 32.6. The van der Waals surface area contributed by atoms with Gasteiger partial charge in [-0.1, -0.05) is 72.8 Å².